The lowest BCUT2D eigenvalue weighted by molar-refractivity contribution is -0.128. The number of carbonyl (C=O) groups is 2. The maximum atomic E-state index is 14.2. The van der Waals surface area contributed by atoms with E-state index in [1.807, 2.05) is 43.5 Å². The van der Waals surface area contributed by atoms with E-state index in [-0.39, 0.29) is 24.8 Å². The van der Waals surface area contributed by atoms with Crippen molar-refractivity contribution in [3.8, 4) is 0 Å². The molecule has 0 bridgehead atoms. The molecule has 2 aliphatic rings. The van der Waals surface area contributed by atoms with Gasteiger partial charge in [-0.05, 0) is 74.0 Å². The van der Waals surface area contributed by atoms with Crippen LogP contribution in [0.1, 0.15) is 25.0 Å². The lowest BCUT2D eigenvalue weighted by Crippen LogP contribution is -2.34. The van der Waals surface area contributed by atoms with Crippen LogP contribution in [0.2, 0.25) is 0 Å². The fraction of sp³-hybridized carbons (Fsp3) is 0.414. The molecule has 3 unspecified atom stereocenters. The van der Waals surface area contributed by atoms with Crippen LogP contribution in [0.4, 0.5) is 26.1 Å². The summed E-state index contributed by atoms with van der Waals surface area (Å²) in [5.74, 6) is -5.15. The monoisotopic (exact) mass is 690 g/mol. The number of halogens is 2. The number of H-pyrrole nitrogens is 1. The van der Waals surface area contributed by atoms with E-state index in [1.165, 1.54) is 11.8 Å². The van der Waals surface area contributed by atoms with Crippen molar-refractivity contribution >= 4 is 54.1 Å². The van der Waals surface area contributed by atoms with E-state index in [2.05, 4.69) is 35.4 Å². The number of aromatic nitrogens is 5. The molecule has 2 fully saturated rings. The highest BCUT2D eigenvalue weighted by molar-refractivity contribution is 7.99. The first-order valence-electron chi connectivity index (χ1n) is 14.9. The summed E-state index contributed by atoms with van der Waals surface area (Å²) in [7, 11) is -4.86. The average Bonchev–Trinajstić information content (AvgIpc) is 3.80. The molecule has 1 saturated heterocycles. The number of alkyl halides is 2. The number of hydrogen-bond acceptors (Lipinski definition) is 10. The van der Waals surface area contributed by atoms with Gasteiger partial charge in [-0.15, -0.1) is 5.10 Å². The molecular weight excluding hydrogens is 657 g/mol. The number of fused-ring (bicyclic) bond motifs is 1. The summed E-state index contributed by atoms with van der Waals surface area (Å²) in [6, 6.07) is 12.8. The minimum absolute atomic E-state index is 0.0158. The molecule has 1 aromatic carbocycles. The summed E-state index contributed by atoms with van der Waals surface area (Å²) in [5.41, 5.74) is 2.28. The quantitative estimate of drug-likeness (QED) is 0.133. The summed E-state index contributed by atoms with van der Waals surface area (Å²) >= 11 is 1.35. The fourth-order valence-corrected chi connectivity index (χ4v) is 7.21. The Balaban J connectivity index is 1.01. The highest BCUT2D eigenvalue weighted by Gasteiger charge is 2.51. The summed E-state index contributed by atoms with van der Waals surface area (Å²) in [4.78, 5) is 51.3. The predicted octanol–water partition coefficient (Wildman–Crippen LogP) is 4.26. The minimum Gasteiger partial charge on any atom is -0.325 e. The molecule has 1 amide bonds. The van der Waals surface area contributed by atoms with Crippen molar-refractivity contribution in [3.05, 3.63) is 54.4 Å². The molecule has 0 radical (unpaired) electrons. The number of phosphoric acid groups is 1. The van der Waals surface area contributed by atoms with Gasteiger partial charge < -0.3 is 20.4 Å². The van der Waals surface area contributed by atoms with Crippen LogP contribution in [0, 0.1) is 24.7 Å². The van der Waals surface area contributed by atoms with Crippen LogP contribution >= 0.6 is 19.6 Å². The summed E-state index contributed by atoms with van der Waals surface area (Å²) in [6.07, 6.45) is 0.886. The van der Waals surface area contributed by atoms with Gasteiger partial charge in [0.15, 0.2) is 11.6 Å². The van der Waals surface area contributed by atoms with Gasteiger partial charge in [0.05, 0.1) is 13.2 Å². The van der Waals surface area contributed by atoms with Gasteiger partial charge >= 0.3 is 7.82 Å². The number of anilines is 3. The molecule has 14 nitrogen and oxygen atoms in total. The molecule has 1 saturated carbocycles. The van der Waals surface area contributed by atoms with Crippen LogP contribution in [0.25, 0.3) is 5.52 Å². The van der Waals surface area contributed by atoms with Gasteiger partial charge in [0, 0.05) is 59.8 Å². The Morgan fingerprint density at radius 3 is 2.72 bits per heavy atom. The van der Waals surface area contributed by atoms with E-state index in [1.54, 1.807) is 21.5 Å². The molecule has 0 spiro atoms. The van der Waals surface area contributed by atoms with E-state index in [0.717, 1.165) is 16.1 Å². The first kappa shape index (κ1) is 33.2. The number of likely N-dealkylation sites (tertiary alicyclic amines) is 1. The Hall–Kier alpha value is -3.73. The number of hydrogen-bond donors (Lipinski definition) is 5. The highest BCUT2D eigenvalue weighted by Crippen LogP contribution is 2.47. The number of carbonyl (C=O) groups excluding carboxylic acids is 2. The summed E-state index contributed by atoms with van der Waals surface area (Å²) in [5, 5.41) is 18.2. The van der Waals surface area contributed by atoms with E-state index >= 15 is 0 Å². The number of nitrogens with zero attached hydrogens (tertiary/aromatic N) is 5. The number of nitrogens with one attached hydrogen (secondary N) is 3. The van der Waals surface area contributed by atoms with Crippen molar-refractivity contribution in [2.75, 3.05) is 36.9 Å². The largest absolute Gasteiger partial charge is 0.469 e. The maximum Gasteiger partial charge on any atom is 0.469 e. The van der Waals surface area contributed by atoms with Crippen LogP contribution in [0.5, 0.6) is 0 Å². The van der Waals surface area contributed by atoms with Gasteiger partial charge in [-0.3, -0.25) is 24.1 Å². The van der Waals surface area contributed by atoms with Gasteiger partial charge in [-0.2, -0.15) is 5.10 Å². The Labute approximate surface area is 271 Å². The SMILES string of the molecule is Cc1cc(Nc2nc(Sc3ccc(NC(=O)CN4CCC(C(=O)C5CC(F)(F)CC5COP(=O)(O)O)C4)cc3)nn3cccc23)n[nH]1. The first-order chi connectivity index (χ1) is 22.3. The fourth-order valence-electron chi connectivity index (χ4n) is 6.08. The molecule has 5 N–H and O–H groups in total. The van der Waals surface area contributed by atoms with E-state index < -0.39 is 50.9 Å². The Morgan fingerprint density at radius 2 is 2.00 bits per heavy atom. The number of ketones is 1. The molecule has 1 aliphatic heterocycles. The third-order valence-corrected chi connectivity index (χ3v) is 9.53. The molecule has 3 aromatic heterocycles. The Morgan fingerprint density at radius 1 is 1.21 bits per heavy atom. The average molecular weight is 691 g/mol. The van der Waals surface area contributed by atoms with Crippen LogP contribution in [-0.4, -0.2) is 83.3 Å². The zero-order valence-corrected chi connectivity index (χ0v) is 26.9. The van der Waals surface area contributed by atoms with Gasteiger partial charge in [0.2, 0.25) is 17.0 Å². The van der Waals surface area contributed by atoms with Crippen LogP contribution in [-0.2, 0) is 18.7 Å². The number of phosphoric ester groups is 1. The summed E-state index contributed by atoms with van der Waals surface area (Å²) in [6.45, 7) is 1.98. The Kier molecular flexibility index (Phi) is 9.47. The van der Waals surface area contributed by atoms with Gasteiger partial charge in [0.1, 0.15) is 11.3 Å². The molecule has 18 heteroatoms. The normalized spacial score (nSPS) is 21.3. The summed E-state index contributed by atoms with van der Waals surface area (Å²) < 4.78 is 45.6. The van der Waals surface area contributed by atoms with Crippen LogP contribution in [0.15, 0.2) is 58.7 Å². The van der Waals surface area contributed by atoms with Crippen molar-refractivity contribution in [1.82, 2.24) is 29.7 Å². The standard InChI is InChI=1S/C29H33F2N8O6PS/c1-17-11-24(36-35-17)33-27-23-3-2-9-39(23)37-28(34-27)47-21-6-4-20(5-7-21)32-25(40)15-38-10-8-18(14-38)26(41)22-13-29(30,31)12-19(22)16-45-46(42,43)44/h2-7,9,11,18-19,22H,8,10,12-16H2,1H3,(H,32,40)(H2,42,43,44)(H2,33,34,35,36,37). The predicted molar refractivity (Wildman–Crippen MR) is 168 cm³/mol. The molecule has 6 rings (SSSR count). The number of benzene rings is 1. The van der Waals surface area contributed by atoms with Crippen molar-refractivity contribution in [3.63, 3.8) is 0 Å². The first-order valence-corrected chi connectivity index (χ1v) is 17.2. The van der Waals surface area contributed by atoms with Crippen LogP contribution in [0.3, 0.4) is 0 Å². The van der Waals surface area contributed by atoms with Crippen LogP contribution < -0.4 is 10.6 Å². The highest BCUT2D eigenvalue weighted by atomic mass is 32.2. The zero-order valence-electron chi connectivity index (χ0n) is 25.2. The molecule has 1 aliphatic carbocycles. The van der Waals surface area contributed by atoms with Gasteiger partial charge in [-0.1, -0.05) is 0 Å². The van der Waals surface area contributed by atoms with Gasteiger partial charge in [-0.25, -0.2) is 22.8 Å². The molecule has 4 heterocycles. The van der Waals surface area contributed by atoms with Crippen molar-refractivity contribution in [2.24, 2.45) is 17.8 Å². The molecule has 250 valence electrons. The van der Waals surface area contributed by atoms with Crippen molar-refractivity contribution in [1.29, 1.82) is 0 Å². The second-order valence-electron chi connectivity index (χ2n) is 11.9. The number of aromatic amines is 1. The smallest absolute Gasteiger partial charge is 0.325 e. The lowest BCUT2D eigenvalue weighted by atomic mass is 9.85. The number of aryl methyl sites for hydroxylation is 1. The van der Waals surface area contributed by atoms with Gasteiger partial charge in [0.25, 0.3) is 0 Å². The van der Waals surface area contributed by atoms with Crippen molar-refractivity contribution < 1.29 is 37.2 Å². The third-order valence-electron chi connectivity index (χ3n) is 8.18. The third kappa shape index (κ3) is 8.41. The van der Waals surface area contributed by atoms with Crippen molar-refractivity contribution in [2.45, 2.75) is 42.2 Å². The molecule has 3 atom stereocenters. The van der Waals surface area contributed by atoms with E-state index in [4.69, 9.17) is 9.79 Å². The minimum atomic E-state index is -4.86. The molecule has 47 heavy (non-hydrogen) atoms. The topological polar surface area (TPSA) is 187 Å². The number of amides is 1. The zero-order chi connectivity index (χ0) is 33.3. The Bertz CT molecular complexity index is 1820. The lowest BCUT2D eigenvalue weighted by Gasteiger charge is -2.21. The maximum absolute atomic E-state index is 14.2. The van der Waals surface area contributed by atoms with E-state index in [9.17, 15) is 22.9 Å². The molecular formula is C29H33F2N8O6PS. The number of rotatable bonds is 12. The second-order valence-corrected chi connectivity index (χ2v) is 14.1. The number of Topliss-reactive ketones (excluding diaryl/α,β-unsaturated/α-hetero) is 1. The van der Waals surface area contributed by atoms with E-state index in [0.29, 0.717) is 35.4 Å². The second kappa shape index (κ2) is 13.4. The molecule has 4 aromatic rings.